The average Bonchev–Trinajstić information content (AvgIpc) is 3.31. The third-order valence-electron chi connectivity index (χ3n) is 4.84. The third kappa shape index (κ3) is 6.78. The highest BCUT2D eigenvalue weighted by Gasteiger charge is 2.29. The number of carbonyl (C=O) groups is 3. The van der Waals surface area contributed by atoms with Gasteiger partial charge in [0.1, 0.15) is 19.3 Å². The number of anilines is 1. The molecule has 1 unspecified atom stereocenters. The van der Waals surface area contributed by atoms with Crippen molar-refractivity contribution in [3.8, 4) is 11.5 Å². The number of aliphatic hydroxyl groups excluding tert-OH is 2. The second kappa shape index (κ2) is 11.5. The summed E-state index contributed by atoms with van der Waals surface area (Å²) in [4.78, 5) is 40.4. The lowest BCUT2D eigenvalue weighted by molar-refractivity contribution is -0.141. The molecule has 15 nitrogen and oxygen atoms in total. The van der Waals surface area contributed by atoms with Crippen LogP contribution in [0.5, 0.6) is 11.5 Å². The molecule has 15 heteroatoms. The van der Waals surface area contributed by atoms with Crippen LogP contribution in [0, 0.1) is 0 Å². The van der Waals surface area contributed by atoms with Gasteiger partial charge in [-0.3, -0.25) is 4.79 Å². The van der Waals surface area contributed by atoms with Crippen LogP contribution in [0.3, 0.4) is 0 Å². The van der Waals surface area contributed by atoms with Crippen LogP contribution >= 0.6 is 0 Å². The molecule has 3 amide bonds. The topological polar surface area (TPSA) is 231 Å². The standard InChI is InChI=1S/C20H26N6O9/c1-9(28)16(19(30)31)24-20(32)23-12(18-25-17(26-35-18)11(21)8-27)7-15(29)22-10-2-3-13-14(6-10)34-5-4-33-13/h2-3,6,9,11-12,16,27-28H,4-5,7-8,21H2,1H3,(H,22,29)(H,30,31)(H2,23,24,32)/t9?,11-,12-,16-/m0/s1. The summed E-state index contributed by atoms with van der Waals surface area (Å²) in [7, 11) is 0. The molecule has 3 rings (SSSR count). The minimum Gasteiger partial charge on any atom is -0.486 e. The summed E-state index contributed by atoms with van der Waals surface area (Å²) in [5, 5.41) is 38.7. The Kier molecular flexibility index (Phi) is 8.40. The number of rotatable bonds is 10. The lowest BCUT2D eigenvalue weighted by Gasteiger charge is -2.21. The van der Waals surface area contributed by atoms with Crippen molar-refractivity contribution in [2.24, 2.45) is 5.73 Å². The number of urea groups is 1. The fraction of sp³-hybridized carbons (Fsp3) is 0.450. The molecule has 0 radical (unpaired) electrons. The molecule has 1 aliphatic heterocycles. The van der Waals surface area contributed by atoms with E-state index in [2.05, 4.69) is 26.1 Å². The lowest BCUT2D eigenvalue weighted by atomic mass is 10.1. The molecule has 1 aromatic heterocycles. The van der Waals surface area contributed by atoms with E-state index in [0.29, 0.717) is 30.4 Å². The maximum atomic E-state index is 12.7. The molecular weight excluding hydrogens is 468 g/mol. The Morgan fingerprint density at radius 2 is 1.89 bits per heavy atom. The number of benzene rings is 1. The van der Waals surface area contributed by atoms with Crippen LogP contribution in [-0.2, 0) is 9.59 Å². The molecule has 0 saturated heterocycles. The van der Waals surface area contributed by atoms with Crippen molar-refractivity contribution in [2.45, 2.75) is 37.6 Å². The molecular formula is C20H26N6O9. The number of carbonyl (C=O) groups excluding carboxylic acids is 2. The Hall–Kier alpha value is -3.95. The number of amides is 3. The molecule has 2 heterocycles. The van der Waals surface area contributed by atoms with Crippen molar-refractivity contribution >= 4 is 23.6 Å². The van der Waals surface area contributed by atoms with Gasteiger partial charge < -0.3 is 51.0 Å². The summed E-state index contributed by atoms with van der Waals surface area (Å²) in [6.45, 7) is 1.50. The largest absolute Gasteiger partial charge is 0.486 e. The molecule has 8 N–H and O–H groups in total. The van der Waals surface area contributed by atoms with Crippen LogP contribution in [0.4, 0.5) is 10.5 Å². The number of aliphatic hydroxyl groups is 2. The van der Waals surface area contributed by atoms with E-state index >= 15 is 0 Å². The van der Waals surface area contributed by atoms with E-state index in [1.54, 1.807) is 18.2 Å². The van der Waals surface area contributed by atoms with E-state index in [9.17, 15) is 24.6 Å². The molecule has 0 aliphatic carbocycles. The first-order valence-corrected chi connectivity index (χ1v) is 10.5. The summed E-state index contributed by atoms with van der Waals surface area (Å²) in [5.41, 5.74) is 6.07. The van der Waals surface area contributed by atoms with E-state index in [1.807, 2.05) is 0 Å². The first-order chi connectivity index (χ1) is 16.7. The molecule has 190 valence electrons. The summed E-state index contributed by atoms with van der Waals surface area (Å²) in [6.07, 6.45) is -1.79. The number of hydrogen-bond acceptors (Lipinski definition) is 11. The van der Waals surface area contributed by atoms with Crippen molar-refractivity contribution in [3.63, 3.8) is 0 Å². The summed E-state index contributed by atoms with van der Waals surface area (Å²) >= 11 is 0. The van der Waals surface area contributed by atoms with Crippen LogP contribution in [0.15, 0.2) is 22.7 Å². The van der Waals surface area contributed by atoms with E-state index in [0.717, 1.165) is 0 Å². The smallest absolute Gasteiger partial charge is 0.328 e. The van der Waals surface area contributed by atoms with Gasteiger partial charge in [-0.05, 0) is 19.1 Å². The van der Waals surface area contributed by atoms with Crippen molar-refractivity contribution < 1.29 is 43.7 Å². The number of aliphatic carboxylic acids is 1. The predicted octanol–water partition coefficient (Wildman–Crippen LogP) is -0.964. The lowest BCUT2D eigenvalue weighted by Crippen LogP contribution is -2.52. The first-order valence-electron chi connectivity index (χ1n) is 10.5. The van der Waals surface area contributed by atoms with Crippen molar-refractivity contribution in [1.82, 2.24) is 20.8 Å². The highest BCUT2D eigenvalue weighted by Crippen LogP contribution is 2.32. The first kappa shape index (κ1) is 25.7. The SMILES string of the molecule is CC(O)[C@H](NC(=O)N[C@@H](CC(=O)Nc1ccc2c(c1)OCCO2)c1nc([C@@H](N)CO)no1)C(=O)O. The fourth-order valence-electron chi connectivity index (χ4n) is 3.07. The predicted molar refractivity (Wildman–Crippen MR) is 117 cm³/mol. The number of nitrogens with one attached hydrogen (secondary N) is 3. The maximum Gasteiger partial charge on any atom is 0.328 e. The fourth-order valence-corrected chi connectivity index (χ4v) is 3.07. The number of ether oxygens (including phenoxy) is 2. The van der Waals surface area contributed by atoms with Crippen molar-refractivity contribution in [1.29, 1.82) is 0 Å². The second-order valence-electron chi connectivity index (χ2n) is 7.62. The molecule has 0 spiro atoms. The van der Waals surface area contributed by atoms with Gasteiger partial charge in [0.15, 0.2) is 23.4 Å². The van der Waals surface area contributed by atoms with Crippen LogP contribution in [0.25, 0.3) is 0 Å². The summed E-state index contributed by atoms with van der Waals surface area (Å²) in [5.74, 6) is -1.30. The van der Waals surface area contributed by atoms with Crippen LogP contribution in [0.2, 0.25) is 0 Å². The monoisotopic (exact) mass is 494 g/mol. The number of carboxylic acid groups (broad SMARTS) is 1. The zero-order chi connectivity index (χ0) is 25.5. The molecule has 2 aromatic rings. The molecule has 0 saturated carbocycles. The van der Waals surface area contributed by atoms with Crippen molar-refractivity contribution in [2.75, 3.05) is 25.1 Å². The normalized spacial score (nSPS) is 15.9. The van der Waals surface area contributed by atoms with E-state index in [-0.39, 0.29) is 11.7 Å². The Morgan fingerprint density at radius 3 is 2.54 bits per heavy atom. The molecule has 35 heavy (non-hydrogen) atoms. The van der Waals surface area contributed by atoms with Crippen LogP contribution in [0.1, 0.15) is 37.1 Å². The van der Waals surface area contributed by atoms with E-state index in [1.165, 1.54) is 6.92 Å². The highest BCUT2D eigenvalue weighted by atomic mass is 16.6. The number of carboxylic acids is 1. The third-order valence-corrected chi connectivity index (χ3v) is 4.84. The zero-order valence-corrected chi connectivity index (χ0v) is 18.6. The maximum absolute atomic E-state index is 12.7. The quantitative estimate of drug-likeness (QED) is 0.212. The Balaban J connectivity index is 1.74. The van der Waals surface area contributed by atoms with Crippen molar-refractivity contribution in [3.05, 3.63) is 29.9 Å². The Morgan fingerprint density at radius 1 is 1.17 bits per heavy atom. The van der Waals surface area contributed by atoms with Gasteiger partial charge in [0, 0.05) is 11.8 Å². The minimum absolute atomic E-state index is 0.0608. The number of nitrogens with zero attached hydrogens (tertiary/aromatic N) is 2. The van der Waals surface area contributed by atoms with Gasteiger partial charge >= 0.3 is 12.0 Å². The second-order valence-corrected chi connectivity index (χ2v) is 7.62. The van der Waals surface area contributed by atoms with E-state index < -0.39 is 55.2 Å². The molecule has 4 atom stereocenters. The van der Waals surface area contributed by atoms with Crippen LogP contribution < -0.4 is 31.2 Å². The van der Waals surface area contributed by atoms with Gasteiger partial charge in [-0.15, -0.1) is 0 Å². The average molecular weight is 494 g/mol. The Bertz CT molecular complexity index is 1060. The minimum atomic E-state index is -1.61. The number of hydrogen-bond donors (Lipinski definition) is 7. The van der Waals surface area contributed by atoms with Gasteiger partial charge in [0.2, 0.25) is 11.8 Å². The number of aromatic nitrogens is 2. The molecule has 1 aliphatic rings. The van der Waals surface area contributed by atoms with Gasteiger partial charge in [0.25, 0.3) is 0 Å². The highest BCUT2D eigenvalue weighted by molar-refractivity contribution is 5.92. The van der Waals surface area contributed by atoms with Gasteiger partial charge in [-0.25, -0.2) is 9.59 Å². The number of fused-ring (bicyclic) bond motifs is 1. The van der Waals surface area contributed by atoms with Gasteiger partial charge in [-0.1, -0.05) is 5.16 Å². The van der Waals surface area contributed by atoms with E-state index in [4.69, 9.17) is 24.8 Å². The van der Waals surface area contributed by atoms with Gasteiger partial charge in [-0.2, -0.15) is 4.98 Å². The Labute approximate surface area is 198 Å². The molecule has 0 fully saturated rings. The summed E-state index contributed by atoms with van der Waals surface area (Å²) in [6, 6.07) is 0.0294. The van der Waals surface area contributed by atoms with Gasteiger partial charge in [0.05, 0.1) is 25.2 Å². The van der Waals surface area contributed by atoms with Crippen LogP contribution in [-0.4, -0.2) is 75.3 Å². The summed E-state index contributed by atoms with van der Waals surface area (Å²) < 4.78 is 16.0. The zero-order valence-electron chi connectivity index (χ0n) is 18.6. The molecule has 1 aromatic carbocycles. The number of nitrogens with two attached hydrogens (primary N) is 1. The molecule has 0 bridgehead atoms.